The molecule has 5 heteroatoms. The van der Waals surface area contributed by atoms with Crippen LogP contribution in [0.15, 0.2) is 59.0 Å². The van der Waals surface area contributed by atoms with Crippen LogP contribution in [-0.2, 0) is 0 Å². The number of anilines is 1. The molecule has 0 saturated heterocycles. The first-order valence-corrected chi connectivity index (χ1v) is 8.13. The predicted molar refractivity (Wildman–Crippen MR) is 99.4 cm³/mol. The van der Waals surface area contributed by atoms with Gasteiger partial charge in [0.2, 0.25) is 0 Å². The Morgan fingerprint density at radius 2 is 1.85 bits per heavy atom. The molecule has 0 atom stereocenters. The maximum absolute atomic E-state index is 13.5. The number of ether oxygens (including phenoxy) is 1. The molecule has 0 unspecified atom stereocenters. The third kappa shape index (κ3) is 2.67. The lowest BCUT2D eigenvalue weighted by atomic mass is 10.1. The fraction of sp³-hybridized carbons (Fsp3) is 0.0952. The number of hydrogen-bond donors (Lipinski definition) is 1. The van der Waals surface area contributed by atoms with E-state index >= 15 is 0 Å². The lowest BCUT2D eigenvalue weighted by Gasteiger charge is -2.11. The standard InChI is InChI=1S/C21H16FNO3/c1-12-7-8-13(22)9-15(12)21(24)23-17-11-19-16(10-20(17)25-2)14-5-3-4-6-18(14)26-19/h3-11H,1-2H3,(H,23,24). The molecule has 0 fully saturated rings. The van der Waals surface area contributed by atoms with E-state index in [9.17, 15) is 9.18 Å². The van der Waals surface area contributed by atoms with Gasteiger partial charge < -0.3 is 14.5 Å². The van der Waals surface area contributed by atoms with Crippen LogP contribution in [0.4, 0.5) is 10.1 Å². The minimum absolute atomic E-state index is 0.275. The highest BCUT2D eigenvalue weighted by atomic mass is 19.1. The van der Waals surface area contributed by atoms with Gasteiger partial charge in [-0.15, -0.1) is 0 Å². The van der Waals surface area contributed by atoms with E-state index in [1.807, 2.05) is 30.3 Å². The Labute approximate surface area is 149 Å². The summed E-state index contributed by atoms with van der Waals surface area (Å²) in [5, 5.41) is 4.66. The zero-order valence-electron chi connectivity index (χ0n) is 14.3. The first-order chi connectivity index (χ1) is 12.6. The van der Waals surface area contributed by atoms with Crippen LogP contribution in [0.1, 0.15) is 15.9 Å². The lowest BCUT2D eigenvalue weighted by molar-refractivity contribution is 0.102. The molecule has 0 radical (unpaired) electrons. The van der Waals surface area contributed by atoms with E-state index in [2.05, 4.69) is 5.32 Å². The average Bonchev–Trinajstić information content (AvgIpc) is 3.00. The second kappa shape index (κ2) is 6.19. The SMILES string of the molecule is COc1cc2c(cc1NC(=O)c1cc(F)ccc1C)oc1ccccc12. The molecule has 1 N–H and O–H groups in total. The number of nitrogens with one attached hydrogen (secondary N) is 1. The van der Waals surface area contributed by atoms with Crippen LogP contribution in [0.3, 0.4) is 0 Å². The minimum Gasteiger partial charge on any atom is -0.495 e. The van der Waals surface area contributed by atoms with Gasteiger partial charge in [0.05, 0.1) is 12.8 Å². The highest BCUT2D eigenvalue weighted by Gasteiger charge is 2.16. The largest absolute Gasteiger partial charge is 0.495 e. The topological polar surface area (TPSA) is 51.5 Å². The first-order valence-electron chi connectivity index (χ1n) is 8.13. The molecule has 0 aliphatic rings. The number of para-hydroxylation sites is 1. The average molecular weight is 349 g/mol. The van der Waals surface area contributed by atoms with Gasteiger partial charge in [-0.25, -0.2) is 4.39 Å². The van der Waals surface area contributed by atoms with Crippen LogP contribution in [0.25, 0.3) is 21.9 Å². The Morgan fingerprint density at radius 1 is 1.04 bits per heavy atom. The molecule has 26 heavy (non-hydrogen) atoms. The molecule has 4 aromatic rings. The fourth-order valence-electron chi connectivity index (χ4n) is 3.05. The van der Waals surface area contributed by atoms with Crippen LogP contribution >= 0.6 is 0 Å². The van der Waals surface area contributed by atoms with Crippen molar-refractivity contribution in [3.63, 3.8) is 0 Å². The van der Waals surface area contributed by atoms with Crippen molar-refractivity contribution in [2.75, 3.05) is 12.4 Å². The van der Waals surface area contributed by atoms with Gasteiger partial charge >= 0.3 is 0 Å². The molecule has 0 spiro atoms. The normalized spacial score (nSPS) is 11.0. The van der Waals surface area contributed by atoms with Gasteiger partial charge in [0.15, 0.2) is 0 Å². The summed E-state index contributed by atoms with van der Waals surface area (Å²) >= 11 is 0. The molecule has 3 aromatic carbocycles. The van der Waals surface area contributed by atoms with Gasteiger partial charge in [-0.05, 0) is 36.8 Å². The Balaban J connectivity index is 1.79. The van der Waals surface area contributed by atoms with E-state index in [1.54, 1.807) is 19.1 Å². The van der Waals surface area contributed by atoms with Crippen LogP contribution in [0.2, 0.25) is 0 Å². The van der Waals surface area contributed by atoms with E-state index < -0.39 is 11.7 Å². The summed E-state index contributed by atoms with van der Waals surface area (Å²) in [7, 11) is 1.53. The highest BCUT2D eigenvalue weighted by molar-refractivity contribution is 6.10. The molecule has 0 aliphatic heterocycles. The van der Waals surface area contributed by atoms with Crippen LogP contribution in [0.5, 0.6) is 5.75 Å². The molecular formula is C21H16FNO3. The molecular weight excluding hydrogens is 333 g/mol. The number of halogens is 1. The molecule has 1 aromatic heterocycles. The van der Waals surface area contributed by atoms with Crippen molar-refractivity contribution in [3.05, 3.63) is 71.5 Å². The zero-order valence-corrected chi connectivity index (χ0v) is 14.3. The molecule has 0 saturated carbocycles. The summed E-state index contributed by atoms with van der Waals surface area (Å²) in [6, 6.07) is 15.4. The van der Waals surface area contributed by atoms with Gasteiger partial charge in [0.25, 0.3) is 5.91 Å². The van der Waals surface area contributed by atoms with Gasteiger partial charge in [-0.1, -0.05) is 24.3 Å². The number of amides is 1. The van der Waals surface area contributed by atoms with Crippen molar-refractivity contribution in [1.29, 1.82) is 0 Å². The molecule has 4 nitrogen and oxygen atoms in total. The summed E-state index contributed by atoms with van der Waals surface area (Å²) in [6.45, 7) is 1.76. The van der Waals surface area contributed by atoms with Crippen LogP contribution in [-0.4, -0.2) is 13.0 Å². The van der Waals surface area contributed by atoms with Gasteiger partial charge in [0.1, 0.15) is 22.7 Å². The summed E-state index contributed by atoms with van der Waals surface area (Å²) in [6.07, 6.45) is 0. The lowest BCUT2D eigenvalue weighted by Crippen LogP contribution is -2.14. The Hall–Kier alpha value is -3.34. The number of aryl methyl sites for hydroxylation is 1. The summed E-state index contributed by atoms with van der Waals surface area (Å²) in [5.74, 6) is -0.359. The smallest absolute Gasteiger partial charge is 0.256 e. The van der Waals surface area contributed by atoms with E-state index in [-0.39, 0.29) is 5.56 Å². The van der Waals surface area contributed by atoms with Crippen molar-refractivity contribution in [2.24, 2.45) is 0 Å². The fourth-order valence-corrected chi connectivity index (χ4v) is 3.05. The summed E-state index contributed by atoms with van der Waals surface area (Å²) in [4.78, 5) is 12.6. The molecule has 1 amide bonds. The zero-order chi connectivity index (χ0) is 18.3. The maximum atomic E-state index is 13.5. The van der Waals surface area contributed by atoms with Crippen LogP contribution < -0.4 is 10.1 Å². The van der Waals surface area contributed by atoms with Crippen molar-refractivity contribution in [1.82, 2.24) is 0 Å². The first kappa shape index (κ1) is 16.1. The second-order valence-corrected chi connectivity index (χ2v) is 6.06. The number of fused-ring (bicyclic) bond motifs is 3. The third-order valence-electron chi connectivity index (χ3n) is 4.39. The number of carbonyl (C=O) groups excluding carboxylic acids is 1. The Kier molecular flexibility index (Phi) is 3.84. The predicted octanol–water partition coefficient (Wildman–Crippen LogP) is 5.29. The summed E-state index contributed by atoms with van der Waals surface area (Å²) < 4.78 is 24.8. The molecule has 130 valence electrons. The van der Waals surface area contributed by atoms with Crippen LogP contribution in [0, 0.1) is 12.7 Å². The van der Waals surface area contributed by atoms with Crippen molar-refractivity contribution < 1.29 is 18.3 Å². The monoisotopic (exact) mass is 349 g/mol. The van der Waals surface area contributed by atoms with Gasteiger partial charge in [-0.3, -0.25) is 4.79 Å². The number of hydrogen-bond acceptors (Lipinski definition) is 3. The number of methoxy groups -OCH3 is 1. The number of benzene rings is 3. The van der Waals surface area contributed by atoms with E-state index in [0.29, 0.717) is 22.6 Å². The van der Waals surface area contributed by atoms with Gasteiger partial charge in [0, 0.05) is 22.4 Å². The van der Waals surface area contributed by atoms with Gasteiger partial charge in [-0.2, -0.15) is 0 Å². The molecule has 0 aliphatic carbocycles. The minimum atomic E-state index is -0.458. The summed E-state index contributed by atoms with van der Waals surface area (Å²) in [5.41, 5.74) is 2.82. The highest BCUT2D eigenvalue weighted by Crippen LogP contribution is 2.36. The van der Waals surface area contributed by atoms with E-state index in [0.717, 1.165) is 16.4 Å². The number of furan rings is 1. The maximum Gasteiger partial charge on any atom is 0.256 e. The molecule has 4 rings (SSSR count). The quantitative estimate of drug-likeness (QED) is 0.546. The van der Waals surface area contributed by atoms with E-state index in [1.165, 1.54) is 19.2 Å². The second-order valence-electron chi connectivity index (χ2n) is 6.06. The van der Waals surface area contributed by atoms with Crippen molar-refractivity contribution in [3.8, 4) is 5.75 Å². The van der Waals surface area contributed by atoms with Crippen molar-refractivity contribution >= 4 is 33.5 Å². The van der Waals surface area contributed by atoms with E-state index in [4.69, 9.17) is 9.15 Å². The molecule has 0 bridgehead atoms. The third-order valence-corrected chi connectivity index (χ3v) is 4.39. The number of rotatable bonds is 3. The number of carbonyl (C=O) groups is 1. The Bertz CT molecular complexity index is 1150. The molecule has 1 heterocycles. The van der Waals surface area contributed by atoms with Crippen molar-refractivity contribution in [2.45, 2.75) is 6.92 Å². The Morgan fingerprint density at radius 3 is 2.65 bits per heavy atom.